The smallest absolute Gasteiger partial charge is 0.322 e. The minimum Gasteiger partial charge on any atom is -0.480 e. The summed E-state index contributed by atoms with van der Waals surface area (Å²) in [7, 11) is 0. The van der Waals surface area contributed by atoms with Gasteiger partial charge in [0.15, 0.2) is 5.78 Å². The van der Waals surface area contributed by atoms with Gasteiger partial charge in [0.05, 0.1) is 11.3 Å². The molecule has 2 N–H and O–H groups in total. The molecule has 2 rings (SSSR count). The first-order valence-corrected chi connectivity index (χ1v) is 8.13. The number of amides is 1. The Kier molecular flexibility index (Phi) is 6.82. The van der Waals surface area contributed by atoms with Crippen LogP contribution in [0.4, 0.5) is 5.69 Å². The van der Waals surface area contributed by atoms with Crippen LogP contribution in [0.5, 0.6) is 0 Å². The van der Waals surface area contributed by atoms with Crippen LogP contribution in [-0.4, -0.2) is 34.8 Å². The van der Waals surface area contributed by atoms with Crippen molar-refractivity contribution in [2.75, 3.05) is 6.54 Å². The molecule has 0 aliphatic heterocycles. The predicted molar refractivity (Wildman–Crippen MR) is 96.1 cm³/mol. The Labute approximate surface area is 158 Å². The van der Waals surface area contributed by atoms with Gasteiger partial charge in [-0.15, -0.1) is 0 Å². The highest BCUT2D eigenvalue weighted by atomic mass is 35.5. The predicted octanol–water partition coefficient (Wildman–Crippen LogP) is 3.42. The van der Waals surface area contributed by atoms with Crippen molar-refractivity contribution >= 4 is 46.5 Å². The summed E-state index contributed by atoms with van der Waals surface area (Å²) in [5.74, 6) is -2.35. The number of carbonyl (C=O) groups excluding carboxylic acids is 2. The molecule has 0 spiro atoms. The second kappa shape index (κ2) is 9.07. The zero-order chi connectivity index (χ0) is 19.1. The third-order valence-electron chi connectivity index (χ3n) is 3.14. The van der Waals surface area contributed by atoms with Crippen molar-refractivity contribution < 1.29 is 19.5 Å². The number of carboxylic acids is 1. The lowest BCUT2D eigenvalue weighted by Gasteiger charge is -2.07. The number of rotatable bonds is 7. The highest BCUT2D eigenvalue weighted by Crippen LogP contribution is 2.26. The maximum Gasteiger partial charge on any atom is 0.322 e. The molecule has 0 radical (unpaired) electrons. The number of aliphatic carboxylic acids is 1. The molecule has 1 amide bonds. The van der Waals surface area contributed by atoms with E-state index in [1.54, 1.807) is 30.3 Å². The van der Waals surface area contributed by atoms with E-state index in [1.807, 2.05) is 0 Å². The molecule has 0 fully saturated rings. The average molecular weight is 394 g/mol. The van der Waals surface area contributed by atoms with Gasteiger partial charge in [-0.2, -0.15) is 10.2 Å². The van der Waals surface area contributed by atoms with Crippen LogP contribution in [0.1, 0.15) is 15.9 Å². The van der Waals surface area contributed by atoms with Gasteiger partial charge in [-0.1, -0.05) is 53.5 Å². The van der Waals surface area contributed by atoms with E-state index in [-0.39, 0.29) is 17.0 Å². The Hall–Kier alpha value is -2.77. The van der Waals surface area contributed by atoms with Crippen LogP contribution in [0.25, 0.3) is 0 Å². The third kappa shape index (κ3) is 5.37. The topological polar surface area (TPSA) is 108 Å². The highest BCUT2D eigenvalue weighted by Gasteiger charge is 2.17. The first-order valence-electron chi connectivity index (χ1n) is 7.32. The highest BCUT2D eigenvalue weighted by molar-refractivity contribution is 6.31. The fourth-order valence-corrected chi connectivity index (χ4v) is 2.23. The van der Waals surface area contributed by atoms with Crippen LogP contribution < -0.4 is 5.32 Å². The van der Waals surface area contributed by atoms with Crippen molar-refractivity contribution in [3.63, 3.8) is 0 Å². The molecule has 26 heavy (non-hydrogen) atoms. The zero-order valence-electron chi connectivity index (χ0n) is 13.2. The van der Waals surface area contributed by atoms with E-state index in [1.165, 1.54) is 18.2 Å². The van der Waals surface area contributed by atoms with Crippen LogP contribution in [0.15, 0.2) is 58.8 Å². The Bertz CT molecular complexity index is 856. The van der Waals surface area contributed by atoms with Crippen molar-refractivity contribution in [1.82, 2.24) is 5.32 Å². The summed E-state index contributed by atoms with van der Waals surface area (Å²) in [5.41, 5.74) is -0.625. The van der Waals surface area contributed by atoms with Gasteiger partial charge >= 0.3 is 5.97 Å². The van der Waals surface area contributed by atoms with E-state index in [0.29, 0.717) is 10.6 Å². The van der Waals surface area contributed by atoms with Crippen LogP contribution in [0.3, 0.4) is 0 Å². The summed E-state index contributed by atoms with van der Waals surface area (Å²) in [4.78, 5) is 34.7. The molecule has 2 aromatic carbocycles. The molecule has 0 saturated heterocycles. The van der Waals surface area contributed by atoms with Gasteiger partial charge in [-0.05, 0) is 18.2 Å². The minimum atomic E-state index is -1.44. The molecule has 0 aliphatic carbocycles. The van der Waals surface area contributed by atoms with Gasteiger partial charge in [0.2, 0.25) is 5.50 Å². The van der Waals surface area contributed by atoms with E-state index in [4.69, 9.17) is 28.3 Å². The Morgan fingerprint density at radius 2 is 1.81 bits per heavy atom. The summed E-state index contributed by atoms with van der Waals surface area (Å²) in [6.45, 7) is -0.587. The Morgan fingerprint density at radius 3 is 2.46 bits per heavy atom. The van der Waals surface area contributed by atoms with Gasteiger partial charge < -0.3 is 10.4 Å². The van der Waals surface area contributed by atoms with E-state index in [0.717, 1.165) is 0 Å². The molecule has 0 aromatic heterocycles. The standard InChI is InChI=1S/C17H13Cl2N3O4/c18-11-6-7-13(21-22-16(19)17(26)20-9-14(23)24)12(8-11)15(25)10-4-2-1-3-5-10/h1-8,16H,9H2,(H,20,26)(H,23,24)/b22-21+. The zero-order valence-corrected chi connectivity index (χ0v) is 14.7. The molecular weight excluding hydrogens is 381 g/mol. The minimum absolute atomic E-state index is 0.180. The molecule has 0 saturated carbocycles. The summed E-state index contributed by atoms with van der Waals surface area (Å²) in [5, 5.41) is 18.4. The molecule has 0 bridgehead atoms. The Balaban J connectivity index is 2.23. The number of carbonyl (C=O) groups is 3. The van der Waals surface area contributed by atoms with E-state index >= 15 is 0 Å². The molecule has 1 unspecified atom stereocenters. The second-order valence-electron chi connectivity index (χ2n) is 5.02. The third-order valence-corrected chi connectivity index (χ3v) is 3.66. The maximum atomic E-state index is 12.6. The quantitative estimate of drug-likeness (QED) is 0.325. The molecule has 2 aromatic rings. The molecule has 0 aliphatic rings. The first kappa shape index (κ1) is 19.6. The maximum absolute atomic E-state index is 12.6. The fraction of sp³-hybridized carbons (Fsp3) is 0.118. The molecule has 9 heteroatoms. The summed E-state index contributed by atoms with van der Waals surface area (Å²) in [6.07, 6.45) is 0. The summed E-state index contributed by atoms with van der Waals surface area (Å²) < 4.78 is 0. The fourth-order valence-electron chi connectivity index (χ4n) is 1.93. The van der Waals surface area contributed by atoms with E-state index in [9.17, 15) is 14.4 Å². The lowest BCUT2D eigenvalue weighted by molar-refractivity contribution is -0.137. The lowest BCUT2D eigenvalue weighted by Crippen LogP contribution is -2.34. The van der Waals surface area contributed by atoms with Crippen LogP contribution in [-0.2, 0) is 9.59 Å². The number of azo groups is 1. The summed E-state index contributed by atoms with van der Waals surface area (Å²) >= 11 is 11.7. The first-order chi connectivity index (χ1) is 12.4. The summed E-state index contributed by atoms with van der Waals surface area (Å²) in [6, 6.07) is 13.0. The van der Waals surface area contributed by atoms with Crippen molar-refractivity contribution in [1.29, 1.82) is 0 Å². The molecule has 7 nitrogen and oxygen atoms in total. The van der Waals surface area contributed by atoms with Crippen molar-refractivity contribution in [3.8, 4) is 0 Å². The largest absolute Gasteiger partial charge is 0.480 e. The monoisotopic (exact) mass is 393 g/mol. The van der Waals surface area contributed by atoms with Gasteiger partial charge in [-0.3, -0.25) is 14.4 Å². The number of hydrogen-bond donors (Lipinski definition) is 2. The Morgan fingerprint density at radius 1 is 1.12 bits per heavy atom. The lowest BCUT2D eigenvalue weighted by atomic mass is 10.0. The normalized spacial score (nSPS) is 11.9. The molecule has 0 heterocycles. The molecule has 134 valence electrons. The molecular formula is C17H13Cl2N3O4. The van der Waals surface area contributed by atoms with Crippen molar-refractivity contribution in [2.24, 2.45) is 10.2 Å². The van der Waals surface area contributed by atoms with Crippen molar-refractivity contribution in [2.45, 2.75) is 5.50 Å². The van der Waals surface area contributed by atoms with Gasteiger partial charge in [-0.25, -0.2) is 0 Å². The van der Waals surface area contributed by atoms with Gasteiger partial charge in [0, 0.05) is 10.6 Å². The number of benzene rings is 2. The molecule has 1 atom stereocenters. The number of halogens is 2. The number of carboxylic acid groups (broad SMARTS) is 1. The number of ketones is 1. The van der Waals surface area contributed by atoms with Crippen LogP contribution in [0, 0.1) is 0 Å². The SMILES string of the molecule is O=C(O)CNC(=O)C(Cl)/N=N/c1ccc(Cl)cc1C(=O)c1ccccc1. The number of nitrogens with one attached hydrogen (secondary N) is 1. The average Bonchev–Trinajstić information content (AvgIpc) is 2.64. The van der Waals surface area contributed by atoms with E-state index < -0.39 is 23.9 Å². The number of nitrogens with zero attached hydrogens (tertiary/aromatic N) is 2. The van der Waals surface area contributed by atoms with E-state index in [2.05, 4.69) is 15.5 Å². The van der Waals surface area contributed by atoms with Crippen LogP contribution in [0.2, 0.25) is 5.02 Å². The number of hydrogen-bond acceptors (Lipinski definition) is 5. The second-order valence-corrected chi connectivity index (χ2v) is 5.87. The van der Waals surface area contributed by atoms with Crippen LogP contribution >= 0.6 is 23.2 Å². The van der Waals surface area contributed by atoms with Crippen molar-refractivity contribution in [3.05, 3.63) is 64.7 Å². The number of alkyl halides is 1. The van der Waals surface area contributed by atoms with Gasteiger partial charge in [0.1, 0.15) is 6.54 Å². The van der Waals surface area contributed by atoms with Gasteiger partial charge in [0.25, 0.3) is 5.91 Å².